The molecule has 1 saturated heterocycles. The van der Waals surface area contributed by atoms with Crippen LogP contribution in [0, 0.1) is 11.8 Å². The molecule has 2 atom stereocenters. The summed E-state index contributed by atoms with van der Waals surface area (Å²) < 4.78 is 0. The zero-order chi connectivity index (χ0) is 18.1. The molecule has 0 spiro atoms. The quantitative estimate of drug-likeness (QED) is 0.667. The van der Waals surface area contributed by atoms with E-state index in [9.17, 15) is 14.4 Å². The Bertz CT molecular complexity index is 862. The molecule has 1 aliphatic carbocycles. The van der Waals surface area contributed by atoms with Crippen molar-refractivity contribution in [3.05, 3.63) is 53.9 Å². The first-order valence-electron chi connectivity index (χ1n) is 8.58. The van der Waals surface area contributed by atoms with Crippen molar-refractivity contribution in [2.24, 2.45) is 11.8 Å². The van der Waals surface area contributed by atoms with Crippen LogP contribution in [0.15, 0.2) is 53.9 Å². The summed E-state index contributed by atoms with van der Waals surface area (Å²) in [5.74, 6) is -1.43. The molecule has 26 heavy (non-hydrogen) atoms. The number of anilines is 1. The van der Waals surface area contributed by atoms with E-state index >= 15 is 0 Å². The van der Waals surface area contributed by atoms with Crippen LogP contribution in [-0.2, 0) is 14.4 Å². The first-order valence-corrected chi connectivity index (χ1v) is 9.46. The number of amides is 3. The molecular formula is C20H18N2O3S. The molecule has 2 unspecified atom stereocenters. The molecule has 0 bridgehead atoms. The Labute approximate surface area is 155 Å². The number of carbonyl (C=O) groups is 3. The molecule has 1 fully saturated rings. The Morgan fingerprint density at radius 2 is 1.73 bits per heavy atom. The Hall–Kier alpha value is -2.73. The lowest BCUT2D eigenvalue weighted by Gasteiger charge is -2.15. The number of imide groups is 1. The molecule has 6 heteroatoms. The first-order chi connectivity index (χ1) is 12.6. The average Bonchev–Trinajstić information content (AvgIpc) is 3.26. The summed E-state index contributed by atoms with van der Waals surface area (Å²) in [5, 5.41) is 4.83. The number of allylic oxidation sites excluding steroid dienone is 2. The molecule has 0 radical (unpaired) electrons. The predicted octanol–water partition coefficient (Wildman–Crippen LogP) is 3.30. The van der Waals surface area contributed by atoms with Crippen molar-refractivity contribution in [1.82, 2.24) is 4.90 Å². The SMILES string of the molecule is O=C(CN1C(=O)C2CC=CCC2C1=O)Nc1ccccc1-c1cccs1. The minimum atomic E-state index is -0.359. The summed E-state index contributed by atoms with van der Waals surface area (Å²) in [4.78, 5) is 39.7. The highest BCUT2D eigenvalue weighted by molar-refractivity contribution is 7.13. The van der Waals surface area contributed by atoms with Crippen molar-refractivity contribution < 1.29 is 14.4 Å². The lowest BCUT2D eigenvalue weighted by molar-refractivity contribution is -0.142. The zero-order valence-corrected chi connectivity index (χ0v) is 14.9. The maximum atomic E-state index is 12.5. The van der Waals surface area contributed by atoms with E-state index in [2.05, 4.69) is 5.32 Å². The monoisotopic (exact) mass is 366 g/mol. The van der Waals surface area contributed by atoms with Gasteiger partial charge in [-0.15, -0.1) is 11.3 Å². The van der Waals surface area contributed by atoms with Crippen molar-refractivity contribution >= 4 is 34.7 Å². The largest absolute Gasteiger partial charge is 0.324 e. The van der Waals surface area contributed by atoms with Gasteiger partial charge in [0.25, 0.3) is 0 Å². The number of likely N-dealkylation sites (tertiary alicyclic amines) is 1. The van der Waals surface area contributed by atoms with Gasteiger partial charge in [0.05, 0.1) is 11.8 Å². The zero-order valence-electron chi connectivity index (χ0n) is 14.1. The van der Waals surface area contributed by atoms with E-state index < -0.39 is 0 Å². The van der Waals surface area contributed by atoms with E-state index in [1.54, 1.807) is 11.3 Å². The topological polar surface area (TPSA) is 66.5 Å². The second-order valence-corrected chi connectivity index (χ2v) is 7.44. The van der Waals surface area contributed by atoms with Crippen LogP contribution in [0.2, 0.25) is 0 Å². The van der Waals surface area contributed by atoms with Crippen LogP contribution in [0.25, 0.3) is 10.4 Å². The number of carbonyl (C=O) groups excluding carboxylic acids is 3. The van der Waals surface area contributed by atoms with Crippen LogP contribution in [0.3, 0.4) is 0 Å². The van der Waals surface area contributed by atoms with Gasteiger partial charge in [0.2, 0.25) is 17.7 Å². The Kier molecular flexibility index (Phi) is 4.42. The van der Waals surface area contributed by atoms with Gasteiger partial charge >= 0.3 is 0 Å². The molecule has 132 valence electrons. The van der Waals surface area contributed by atoms with Crippen molar-refractivity contribution in [2.45, 2.75) is 12.8 Å². The first kappa shape index (κ1) is 16.7. The predicted molar refractivity (Wildman–Crippen MR) is 100 cm³/mol. The summed E-state index contributed by atoms with van der Waals surface area (Å²) in [7, 11) is 0. The van der Waals surface area contributed by atoms with Gasteiger partial charge in [-0.25, -0.2) is 0 Å². The summed E-state index contributed by atoms with van der Waals surface area (Å²) in [5.41, 5.74) is 1.60. The molecule has 2 aliphatic rings. The molecular weight excluding hydrogens is 348 g/mol. The minimum absolute atomic E-state index is 0.231. The normalized spacial score (nSPS) is 21.8. The van der Waals surface area contributed by atoms with Crippen molar-refractivity contribution in [1.29, 1.82) is 0 Å². The van der Waals surface area contributed by atoms with Gasteiger partial charge in [0, 0.05) is 16.1 Å². The van der Waals surface area contributed by atoms with E-state index in [1.165, 1.54) is 0 Å². The molecule has 2 aromatic rings. The summed E-state index contributed by atoms with van der Waals surface area (Å²) in [6, 6.07) is 11.5. The Balaban J connectivity index is 1.49. The highest BCUT2D eigenvalue weighted by Crippen LogP contribution is 2.35. The fraction of sp³-hybridized carbons (Fsp3) is 0.250. The molecule has 4 rings (SSSR count). The minimum Gasteiger partial charge on any atom is -0.324 e. The fourth-order valence-electron chi connectivity index (χ4n) is 3.60. The number of para-hydroxylation sites is 1. The Morgan fingerprint density at radius 3 is 2.38 bits per heavy atom. The van der Waals surface area contributed by atoms with Crippen LogP contribution < -0.4 is 5.32 Å². The van der Waals surface area contributed by atoms with Crippen molar-refractivity contribution in [3.8, 4) is 10.4 Å². The van der Waals surface area contributed by atoms with E-state index in [0.717, 1.165) is 15.3 Å². The smallest absolute Gasteiger partial charge is 0.244 e. The summed E-state index contributed by atoms with van der Waals surface area (Å²) in [6.07, 6.45) is 5.03. The number of thiophene rings is 1. The average molecular weight is 366 g/mol. The van der Waals surface area contributed by atoms with Gasteiger partial charge in [0.1, 0.15) is 6.54 Å². The molecule has 1 N–H and O–H groups in total. The lowest BCUT2D eigenvalue weighted by Crippen LogP contribution is -2.38. The van der Waals surface area contributed by atoms with Gasteiger partial charge in [-0.05, 0) is 30.4 Å². The van der Waals surface area contributed by atoms with Crippen LogP contribution in [0.4, 0.5) is 5.69 Å². The molecule has 1 aromatic carbocycles. The maximum absolute atomic E-state index is 12.5. The summed E-state index contributed by atoms with van der Waals surface area (Å²) >= 11 is 1.59. The number of benzene rings is 1. The van der Waals surface area contributed by atoms with Gasteiger partial charge in [-0.1, -0.05) is 36.4 Å². The second kappa shape index (κ2) is 6.88. The van der Waals surface area contributed by atoms with Gasteiger partial charge in [-0.2, -0.15) is 0 Å². The summed E-state index contributed by atoms with van der Waals surface area (Å²) in [6.45, 7) is -0.233. The number of nitrogens with zero attached hydrogens (tertiary/aromatic N) is 1. The van der Waals surface area contributed by atoms with Gasteiger partial charge < -0.3 is 5.32 Å². The van der Waals surface area contributed by atoms with Crippen LogP contribution in [0.1, 0.15) is 12.8 Å². The lowest BCUT2D eigenvalue weighted by atomic mass is 9.85. The third-order valence-electron chi connectivity index (χ3n) is 4.89. The van der Waals surface area contributed by atoms with E-state index in [0.29, 0.717) is 18.5 Å². The number of hydrogen-bond donors (Lipinski definition) is 1. The standard InChI is InChI=1S/C20H18N2O3S/c23-18(12-22-19(24)13-6-1-2-7-14(13)20(22)25)21-16-9-4-3-8-15(16)17-10-5-11-26-17/h1-5,8-11,13-14H,6-7,12H2,(H,21,23). The third-order valence-corrected chi connectivity index (χ3v) is 5.79. The van der Waals surface area contributed by atoms with Crippen molar-refractivity contribution in [3.63, 3.8) is 0 Å². The van der Waals surface area contributed by atoms with Crippen LogP contribution in [-0.4, -0.2) is 29.2 Å². The highest BCUT2D eigenvalue weighted by atomic mass is 32.1. The van der Waals surface area contributed by atoms with Crippen LogP contribution in [0.5, 0.6) is 0 Å². The second-order valence-electron chi connectivity index (χ2n) is 6.49. The number of hydrogen-bond acceptors (Lipinski definition) is 4. The maximum Gasteiger partial charge on any atom is 0.244 e. The number of rotatable bonds is 4. The van der Waals surface area contributed by atoms with E-state index in [-0.39, 0.29) is 36.1 Å². The number of nitrogens with one attached hydrogen (secondary N) is 1. The van der Waals surface area contributed by atoms with E-state index in [4.69, 9.17) is 0 Å². The highest BCUT2D eigenvalue weighted by Gasteiger charge is 2.47. The molecule has 2 heterocycles. The van der Waals surface area contributed by atoms with Crippen molar-refractivity contribution in [2.75, 3.05) is 11.9 Å². The fourth-order valence-corrected chi connectivity index (χ4v) is 4.36. The van der Waals surface area contributed by atoms with E-state index in [1.807, 2.05) is 53.9 Å². The van der Waals surface area contributed by atoms with Gasteiger partial charge in [-0.3, -0.25) is 19.3 Å². The molecule has 0 saturated carbocycles. The Morgan fingerprint density at radius 1 is 1.04 bits per heavy atom. The molecule has 3 amide bonds. The third kappa shape index (κ3) is 2.97. The number of fused-ring (bicyclic) bond motifs is 1. The molecule has 1 aromatic heterocycles. The molecule has 1 aliphatic heterocycles. The van der Waals surface area contributed by atoms with Crippen LogP contribution >= 0.6 is 11.3 Å². The molecule has 5 nitrogen and oxygen atoms in total. The van der Waals surface area contributed by atoms with Gasteiger partial charge in [0.15, 0.2) is 0 Å².